The van der Waals surface area contributed by atoms with E-state index in [0.29, 0.717) is 25.9 Å². The summed E-state index contributed by atoms with van der Waals surface area (Å²) >= 11 is 0. The van der Waals surface area contributed by atoms with Gasteiger partial charge in [-0.3, -0.25) is 14.7 Å². The zero-order valence-corrected chi connectivity index (χ0v) is 24.3. The molecule has 1 aliphatic rings. The second-order valence-corrected chi connectivity index (χ2v) is 11.6. The highest BCUT2D eigenvalue weighted by Crippen LogP contribution is 2.32. The normalized spacial score (nSPS) is 16.0. The van der Waals surface area contributed by atoms with Gasteiger partial charge in [0.15, 0.2) is 0 Å². The number of carbonyl (C=O) groups excluding carboxylic acids is 2. The fourth-order valence-corrected chi connectivity index (χ4v) is 5.41. The third-order valence-corrected chi connectivity index (χ3v) is 7.59. The first-order valence-corrected chi connectivity index (χ1v) is 14.4. The average Bonchev–Trinajstić information content (AvgIpc) is 3.48. The second-order valence-electron chi connectivity index (χ2n) is 11.6. The maximum Gasteiger partial charge on any atom is 0.249 e. The van der Waals surface area contributed by atoms with E-state index in [4.69, 9.17) is 0 Å². The van der Waals surface area contributed by atoms with Gasteiger partial charge in [-0.2, -0.15) is 0 Å². The van der Waals surface area contributed by atoms with Crippen LogP contribution in [0, 0.1) is 0 Å². The zero-order valence-electron chi connectivity index (χ0n) is 24.3. The number of amides is 2. The van der Waals surface area contributed by atoms with Crippen LogP contribution >= 0.6 is 0 Å². The van der Waals surface area contributed by atoms with Crippen LogP contribution in [0.5, 0.6) is 0 Å². The molecule has 218 valence electrons. The molecule has 9 nitrogen and oxygen atoms in total. The molecule has 9 heteroatoms. The van der Waals surface area contributed by atoms with E-state index in [-0.39, 0.29) is 18.2 Å². The average molecular weight is 567 g/mol. The summed E-state index contributed by atoms with van der Waals surface area (Å²) in [6.07, 6.45) is 2.66. The zero-order chi connectivity index (χ0) is 29.7. The Morgan fingerprint density at radius 3 is 2.50 bits per heavy atom. The van der Waals surface area contributed by atoms with Crippen molar-refractivity contribution in [3.63, 3.8) is 0 Å². The Labute approximate surface area is 246 Å². The molecule has 0 saturated carbocycles. The van der Waals surface area contributed by atoms with Gasteiger partial charge in [-0.1, -0.05) is 71.9 Å². The van der Waals surface area contributed by atoms with E-state index in [1.165, 1.54) is 0 Å². The van der Waals surface area contributed by atoms with Gasteiger partial charge >= 0.3 is 0 Å². The molecular formula is C33H38N6O3. The predicted octanol–water partition coefficient (Wildman–Crippen LogP) is 4.24. The lowest BCUT2D eigenvalue weighted by Gasteiger charge is -2.29. The first-order chi connectivity index (χ1) is 20.2. The molecule has 2 atom stereocenters. The molecule has 4 N–H and O–H groups in total. The SMILES string of the molecule is C[C@@H](O)CNC(C)(C)CC(=O)N[C@@H]1CCc2ccccc2N(Cc2ccc(-c3ccccc3-c3c[nH]nn3)cc2)C1=O. The molecule has 2 amide bonds. The van der Waals surface area contributed by atoms with Crippen molar-refractivity contribution in [3.05, 3.63) is 90.1 Å². The number of nitrogens with one attached hydrogen (secondary N) is 3. The number of aromatic amines is 1. The van der Waals surface area contributed by atoms with Crippen LogP contribution in [0.4, 0.5) is 5.69 Å². The number of para-hydroxylation sites is 1. The Bertz CT molecular complexity index is 1520. The number of hydrogen-bond donors (Lipinski definition) is 4. The number of aryl methyl sites for hydroxylation is 1. The van der Waals surface area contributed by atoms with Crippen LogP contribution in [-0.2, 0) is 22.6 Å². The first-order valence-electron chi connectivity index (χ1n) is 14.4. The molecule has 0 unspecified atom stereocenters. The van der Waals surface area contributed by atoms with E-state index in [2.05, 4.69) is 44.2 Å². The number of nitrogens with zero attached hydrogens (tertiary/aromatic N) is 3. The standard InChI is InChI=1S/C33H38N6O3/c1-22(40)19-34-33(2,3)18-31(41)36-28-17-16-25-8-4-7-11-30(25)39(32(28)42)21-23-12-14-24(15-13-23)26-9-5-6-10-27(26)29-20-35-38-37-29/h4-15,20,22,28,34,40H,16-19,21H2,1-3H3,(H,36,41)(H,35,37,38)/t22-,28-/m1/s1. The molecule has 0 spiro atoms. The summed E-state index contributed by atoms with van der Waals surface area (Å²) in [7, 11) is 0. The van der Waals surface area contributed by atoms with E-state index < -0.39 is 17.7 Å². The van der Waals surface area contributed by atoms with Crippen LogP contribution in [0.25, 0.3) is 22.4 Å². The number of benzene rings is 3. The fourth-order valence-electron chi connectivity index (χ4n) is 5.41. The number of carbonyl (C=O) groups is 2. The lowest BCUT2D eigenvalue weighted by molar-refractivity contribution is -0.128. The van der Waals surface area contributed by atoms with Gasteiger partial charge in [0.1, 0.15) is 11.7 Å². The van der Waals surface area contributed by atoms with Crippen molar-refractivity contribution in [2.75, 3.05) is 11.4 Å². The van der Waals surface area contributed by atoms with Gasteiger partial charge in [0.25, 0.3) is 0 Å². The van der Waals surface area contributed by atoms with E-state index in [0.717, 1.165) is 39.2 Å². The van der Waals surface area contributed by atoms with Crippen LogP contribution in [0.15, 0.2) is 79.0 Å². The molecule has 2 heterocycles. The minimum Gasteiger partial charge on any atom is -0.392 e. The Morgan fingerprint density at radius 1 is 1.07 bits per heavy atom. The maximum absolute atomic E-state index is 13.9. The molecule has 42 heavy (non-hydrogen) atoms. The summed E-state index contributed by atoms with van der Waals surface area (Å²) in [5, 5.41) is 26.6. The van der Waals surface area contributed by atoms with E-state index >= 15 is 0 Å². The molecule has 5 rings (SSSR count). The van der Waals surface area contributed by atoms with Gasteiger partial charge in [0.05, 0.1) is 18.8 Å². The second kappa shape index (κ2) is 12.7. The van der Waals surface area contributed by atoms with Gasteiger partial charge in [-0.15, -0.1) is 5.10 Å². The summed E-state index contributed by atoms with van der Waals surface area (Å²) in [6.45, 7) is 6.30. The van der Waals surface area contributed by atoms with Crippen molar-refractivity contribution in [1.82, 2.24) is 26.0 Å². The molecule has 1 aromatic heterocycles. The number of anilines is 1. The highest BCUT2D eigenvalue weighted by molar-refractivity contribution is 6.00. The van der Waals surface area contributed by atoms with Gasteiger partial charge in [-0.05, 0) is 61.9 Å². The molecule has 0 saturated heterocycles. The molecule has 4 aromatic rings. The molecule has 0 bridgehead atoms. The smallest absolute Gasteiger partial charge is 0.249 e. The predicted molar refractivity (Wildman–Crippen MR) is 164 cm³/mol. The number of fused-ring (bicyclic) bond motifs is 1. The minimum absolute atomic E-state index is 0.122. The molecule has 0 fully saturated rings. The summed E-state index contributed by atoms with van der Waals surface area (Å²) in [5.41, 5.74) is 6.26. The minimum atomic E-state index is -0.633. The third-order valence-electron chi connectivity index (χ3n) is 7.59. The number of aliphatic hydroxyl groups excluding tert-OH is 1. The van der Waals surface area contributed by atoms with Crippen molar-refractivity contribution in [1.29, 1.82) is 0 Å². The number of aromatic nitrogens is 3. The number of β-amino-alcohol motifs (C(OH)–C–C–N with tert-alkyl or cyclic N) is 1. The molecule has 0 aliphatic carbocycles. The van der Waals surface area contributed by atoms with E-state index in [1.54, 1.807) is 18.0 Å². The highest BCUT2D eigenvalue weighted by Gasteiger charge is 2.32. The number of rotatable bonds is 10. The maximum atomic E-state index is 13.9. The number of aliphatic hydroxyl groups is 1. The van der Waals surface area contributed by atoms with Gasteiger partial charge < -0.3 is 20.6 Å². The van der Waals surface area contributed by atoms with E-state index in [1.807, 2.05) is 68.4 Å². The van der Waals surface area contributed by atoms with Gasteiger partial charge in [-0.25, -0.2) is 0 Å². The van der Waals surface area contributed by atoms with Crippen molar-refractivity contribution >= 4 is 17.5 Å². The summed E-state index contributed by atoms with van der Waals surface area (Å²) in [6, 6.07) is 23.6. The summed E-state index contributed by atoms with van der Waals surface area (Å²) in [4.78, 5) is 28.8. The monoisotopic (exact) mass is 566 g/mol. The Hall–Kier alpha value is -4.34. The van der Waals surface area contributed by atoms with Gasteiger partial charge in [0, 0.05) is 29.8 Å². The fraction of sp³-hybridized carbons (Fsp3) is 0.333. The lowest BCUT2D eigenvalue weighted by atomic mass is 9.97. The summed E-state index contributed by atoms with van der Waals surface area (Å²) < 4.78 is 0. The van der Waals surface area contributed by atoms with Crippen LogP contribution in [-0.4, -0.2) is 56.6 Å². The van der Waals surface area contributed by atoms with Crippen molar-refractivity contribution in [3.8, 4) is 22.4 Å². The lowest BCUT2D eigenvalue weighted by Crippen LogP contribution is -2.51. The first kappa shape index (κ1) is 29.2. The Kier molecular flexibility index (Phi) is 8.80. The largest absolute Gasteiger partial charge is 0.392 e. The molecular weight excluding hydrogens is 528 g/mol. The molecule has 0 radical (unpaired) electrons. The summed E-state index contributed by atoms with van der Waals surface area (Å²) in [5.74, 6) is -0.319. The van der Waals surface area contributed by atoms with Gasteiger partial charge in [0.2, 0.25) is 11.8 Å². The van der Waals surface area contributed by atoms with Crippen molar-refractivity contribution in [2.24, 2.45) is 0 Å². The third kappa shape index (κ3) is 6.92. The molecule has 3 aromatic carbocycles. The highest BCUT2D eigenvalue weighted by atomic mass is 16.3. The quantitative estimate of drug-likeness (QED) is 0.228. The molecule has 1 aliphatic heterocycles. The van der Waals surface area contributed by atoms with Crippen LogP contribution < -0.4 is 15.5 Å². The Morgan fingerprint density at radius 2 is 1.79 bits per heavy atom. The van der Waals surface area contributed by atoms with Crippen molar-refractivity contribution < 1.29 is 14.7 Å². The Balaban J connectivity index is 1.34. The number of H-pyrrole nitrogens is 1. The topological polar surface area (TPSA) is 123 Å². The van der Waals surface area contributed by atoms with E-state index in [9.17, 15) is 14.7 Å². The number of hydrogen-bond acceptors (Lipinski definition) is 6. The van der Waals surface area contributed by atoms with Crippen LogP contribution in [0.1, 0.15) is 44.7 Å². The van der Waals surface area contributed by atoms with Crippen LogP contribution in [0.2, 0.25) is 0 Å². The van der Waals surface area contributed by atoms with Crippen molar-refractivity contribution in [2.45, 2.75) is 64.3 Å². The van der Waals surface area contributed by atoms with Crippen LogP contribution in [0.3, 0.4) is 0 Å².